The number of hydrogen-bond donors (Lipinski definition) is 0. The molecule has 0 amide bonds. The van der Waals surface area contributed by atoms with Gasteiger partial charge in [-0.2, -0.15) is 0 Å². The van der Waals surface area contributed by atoms with Crippen molar-refractivity contribution in [2.45, 2.75) is 0 Å². The summed E-state index contributed by atoms with van der Waals surface area (Å²) in [5, 5.41) is 8.02. The Labute approximate surface area is 608 Å². The zero-order valence-corrected chi connectivity index (χ0v) is 56.2. The molecule has 15 aromatic rings. The standard InChI is InChI=1S/C104H54/c1-12-66-36-29-46-86(80(66)18-7)72-54-56-94(91-50-31-38-68(14-3)82(91)20-9)101(65-72)76-60-74(88-55-53-70(16-5)79(17-6)84(88)22-11)62-78(64-76)103-98-44-27-25-42-96(98)102(97-43-26-28-45-99(97)103)77-61-73(87-47-33-40-71-35-23-24-41-85(71)87)59-75(63-77)89-48-34-52-95-93(90-49-30-37-67(13-2)81(90)19-8)57-58-100(104(89)95)92-51-32-39-69(15-4)83(92)21-10/h1-11,23-65H. The molecule has 0 aliphatic carbocycles. The van der Waals surface area contributed by atoms with E-state index in [1.807, 2.05) is 91.0 Å². The van der Waals surface area contributed by atoms with Crippen LogP contribution >= 0.6 is 0 Å². The zero-order valence-electron chi connectivity index (χ0n) is 56.2. The van der Waals surface area contributed by atoms with Crippen LogP contribution in [-0.4, -0.2) is 0 Å². The zero-order chi connectivity index (χ0) is 71.7. The van der Waals surface area contributed by atoms with Crippen molar-refractivity contribution in [2.75, 3.05) is 0 Å². The molecule has 0 radical (unpaired) electrons. The van der Waals surface area contributed by atoms with Gasteiger partial charge in [0.1, 0.15) is 0 Å². The van der Waals surface area contributed by atoms with E-state index in [0.29, 0.717) is 66.8 Å². The minimum absolute atomic E-state index is 0.441. The summed E-state index contributed by atoms with van der Waals surface area (Å²) in [6.45, 7) is 0. The van der Waals surface area contributed by atoms with Gasteiger partial charge in [0.15, 0.2) is 0 Å². The highest BCUT2D eigenvalue weighted by Gasteiger charge is 2.26. The molecule has 0 nitrogen and oxygen atoms in total. The fourth-order valence-corrected chi connectivity index (χ4v) is 15.2. The van der Waals surface area contributed by atoms with Crippen molar-refractivity contribution in [3.8, 4) is 247 Å². The molecular weight excluding hydrogens is 1250 g/mol. The highest BCUT2D eigenvalue weighted by molar-refractivity contribution is 6.23. The number of benzene rings is 15. The van der Waals surface area contributed by atoms with Gasteiger partial charge >= 0.3 is 0 Å². The quantitative estimate of drug-likeness (QED) is 0.0946. The Morgan fingerprint density at radius 2 is 0.490 bits per heavy atom. The Balaban J connectivity index is 1.06. The summed E-state index contributed by atoms with van der Waals surface area (Å²) in [5.41, 5.74) is 23.7. The first-order valence-corrected chi connectivity index (χ1v) is 33.4. The maximum atomic E-state index is 6.55. The molecule has 0 saturated carbocycles. The third kappa shape index (κ3) is 10.8. The smallest absolute Gasteiger partial charge is 0.0561 e. The minimum Gasteiger partial charge on any atom is -0.115 e. The van der Waals surface area contributed by atoms with Gasteiger partial charge in [-0.15, -0.1) is 70.7 Å². The van der Waals surface area contributed by atoms with Crippen molar-refractivity contribution >= 4 is 43.1 Å². The molecule has 15 rings (SSSR count). The lowest BCUT2D eigenvalue weighted by Crippen LogP contribution is -1.97. The predicted molar refractivity (Wildman–Crippen MR) is 438 cm³/mol. The molecule has 104 heavy (non-hydrogen) atoms. The normalized spacial score (nSPS) is 10.6. The van der Waals surface area contributed by atoms with Gasteiger partial charge in [0.2, 0.25) is 0 Å². The summed E-state index contributed by atoms with van der Waals surface area (Å²) < 4.78 is 0. The second-order valence-corrected chi connectivity index (χ2v) is 25.0. The van der Waals surface area contributed by atoms with Gasteiger partial charge in [0.05, 0.1) is 5.56 Å². The van der Waals surface area contributed by atoms with Crippen molar-refractivity contribution in [1.82, 2.24) is 0 Å². The van der Waals surface area contributed by atoms with Crippen LogP contribution in [0.1, 0.15) is 61.2 Å². The summed E-state index contributed by atoms with van der Waals surface area (Å²) >= 11 is 0. The van der Waals surface area contributed by atoms with E-state index in [1.54, 1.807) is 0 Å². The molecule has 0 unspecified atom stereocenters. The fourth-order valence-electron chi connectivity index (χ4n) is 15.2. The van der Waals surface area contributed by atoms with Crippen LogP contribution in [0.5, 0.6) is 0 Å². The van der Waals surface area contributed by atoms with E-state index in [9.17, 15) is 0 Å². The van der Waals surface area contributed by atoms with Crippen molar-refractivity contribution in [3.63, 3.8) is 0 Å². The third-order valence-electron chi connectivity index (χ3n) is 19.8. The maximum absolute atomic E-state index is 6.55. The van der Waals surface area contributed by atoms with Gasteiger partial charge in [-0.1, -0.05) is 253 Å². The van der Waals surface area contributed by atoms with Gasteiger partial charge < -0.3 is 0 Å². The summed E-state index contributed by atoms with van der Waals surface area (Å²) in [7, 11) is 0. The van der Waals surface area contributed by atoms with Crippen LogP contribution in [0, 0.1) is 136 Å². The van der Waals surface area contributed by atoms with E-state index < -0.39 is 0 Å². The van der Waals surface area contributed by atoms with Crippen molar-refractivity contribution in [2.24, 2.45) is 0 Å². The molecule has 0 aliphatic heterocycles. The van der Waals surface area contributed by atoms with Gasteiger partial charge in [0, 0.05) is 55.6 Å². The molecule has 0 spiro atoms. The topological polar surface area (TPSA) is 0 Å². The molecule has 0 heteroatoms. The Kier molecular flexibility index (Phi) is 16.8. The van der Waals surface area contributed by atoms with Crippen LogP contribution in [0.3, 0.4) is 0 Å². The van der Waals surface area contributed by atoms with E-state index in [0.717, 1.165) is 149 Å². The maximum Gasteiger partial charge on any atom is 0.0561 e. The van der Waals surface area contributed by atoms with Gasteiger partial charge in [-0.3, -0.25) is 0 Å². The lowest BCUT2D eigenvalue weighted by Gasteiger charge is -2.22. The molecule has 0 aromatic heterocycles. The molecule has 0 atom stereocenters. The number of hydrogen-bond acceptors (Lipinski definition) is 0. The summed E-state index contributed by atoms with van der Waals surface area (Å²) in [6, 6.07) is 89.7. The van der Waals surface area contributed by atoms with E-state index in [2.05, 4.69) is 235 Å². The molecule has 15 aromatic carbocycles. The third-order valence-corrected chi connectivity index (χ3v) is 19.8. The Hall–Kier alpha value is -15.5. The van der Waals surface area contributed by atoms with E-state index >= 15 is 0 Å². The lowest BCUT2D eigenvalue weighted by atomic mass is 9.81. The second kappa shape index (κ2) is 27.1. The Bertz CT molecular complexity index is 6720. The number of rotatable bonds is 10. The molecule has 0 heterocycles. The van der Waals surface area contributed by atoms with Crippen LogP contribution in [0.2, 0.25) is 0 Å². The molecular formula is C104H54. The largest absolute Gasteiger partial charge is 0.115 e. The first-order chi connectivity index (χ1) is 51.1. The van der Waals surface area contributed by atoms with Crippen molar-refractivity contribution in [1.29, 1.82) is 0 Å². The second-order valence-electron chi connectivity index (χ2n) is 25.0. The molecule has 0 saturated heterocycles. The van der Waals surface area contributed by atoms with Crippen LogP contribution in [-0.2, 0) is 0 Å². The van der Waals surface area contributed by atoms with Crippen molar-refractivity contribution in [3.05, 3.63) is 322 Å². The summed E-state index contributed by atoms with van der Waals surface area (Å²) in [6.07, 6.45) is 69.3. The van der Waals surface area contributed by atoms with Crippen LogP contribution in [0.4, 0.5) is 0 Å². The van der Waals surface area contributed by atoms with Gasteiger partial charge in [0.25, 0.3) is 0 Å². The first-order valence-electron chi connectivity index (χ1n) is 33.4. The summed E-state index contributed by atoms with van der Waals surface area (Å²) in [4.78, 5) is 0. The molecule has 0 fully saturated rings. The predicted octanol–water partition coefficient (Wildman–Crippen LogP) is 22.8. The minimum atomic E-state index is 0.441. The van der Waals surface area contributed by atoms with Crippen molar-refractivity contribution < 1.29 is 0 Å². The van der Waals surface area contributed by atoms with Crippen LogP contribution in [0.15, 0.2) is 261 Å². The van der Waals surface area contributed by atoms with Gasteiger partial charge in [-0.25, -0.2) is 0 Å². The Morgan fingerprint density at radius 3 is 1.00 bits per heavy atom. The molecule has 0 bridgehead atoms. The Morgan fingerprint density at radius 1 is 0.163 bits per heavy atom. The highest BCUT2D eigenvalue weighted by atomic mass is 14.3. The van der Waals surface area contributed by atoms with Crippen LogP contribution < -0.4 is 0 Å². The number of fused-ring (bicyclic) bond motifs is 4. The number of terminal acetylenes is 11. The van der Waals surface area contributed by atoms with Crippen LogP contribution in [0.25, 0.3) is 154 Å². The lowest BCUT2D eigenvalue weighted by molar-refractivity contribution is 1.50. The average molecular weight is 1300 g/mol. The average Bonchev–Trinajstić information content (AvgIpc) is 0.726. The first kappa shape index (κ1) is 64.5. The molecule has 0 aliphatic rings. The van der Waals surface area contributed by atoms with E-state index in [1.165, 1.54) is 0 Å². The highest BCUT2D eigenvalue weighted by Crippen LogP contribution is 2.51. The fraction of sp³-hybridized carbons (Fsp3) is 0. The summed E-state index contributed by atoms with van der Waals surface area (Å²) in [5.74, 6) is 31.7. The van der Waals surface area contributed by atoms with E-state index in [4.69, 9.17) is 70.7 Å². The monoisotopic (exact) mass is 1300 g/mol. The van der Waals surface area contributed by atoms with E-state index in [-0.39, 0.29) is 0 Å². The molecule has 0 N–H and O–H groups in total. The molecule has 470 valence electrons. The van der Waals surface area contributed by atoms with Gasteiger partial charge in [-0.05, 0) is 227 Å². The SMILES string of the molecule is C#Cc1cccc(-c2ccc(-c3cccc(C#C)c3C#C)c(-c3cc(-c4ccc(C#C)c(C#C)c4C#C)cc(-c4c5ccccc5c(-c5cc(-c6cccc7ccccc67)cc(-c6cccc7c(-c8cccc(C#C)c8C#C)ccc(-c8cccc(C#C)c8C#C)c67)c5)c5ccccc45)c3)c2)c1C#C.